The second-order valence-corrected chi connectivity index (χ2v) is 2.93. The molecule has 0 aromatic heterocycles. The van der Waals surface area contributed by atoms with E-state index >= 15 is 0 Å². The van der Waals surface area contributed by atoms with E-state index in [-0.39, 0.29) is 5.11 Å². The van der Waals surface area contributed by atoms with Gasteiger partial charge >= 0.3 is 0 Å². The number of thiocarbonyl (C=S) groups is 1. The van der Waals surface area contributed by atoms with Crippen LogP contribution in [0.2, 0.25) is 0 Å². The first kappa shape index (κ1) is 13.2. The fraction of sp³-hybridized carbons (Fsp3) is 0.667. The number of nitrogens with zero attached hydrogens (tertiary/aromatic N) is 1. The van der Waals surface area contributed by atoms with E-state index in [0.29, 0.717) is 0 Å². The molecular formula is C6H13N3O4S. The fourth-order valence-corrected chi connectivity index (χ4v) is 0.654. The van der Waals surface area contributed by atoms with Crippen molar-refractivity contribution in [1.29, 1.82) is 0 Å². The van der Waals surface area contributed by atoms with Crippen LogP contribution in [0.5, 0.6) is 0 Å². The van der Waals surface area contributed by atoms with Crippen molar-refractivity contribution in [2.45, 2.75) is 18.3 Å². The van der Waals surface area contributed by atoms with Gasteiger partial charge < -0.3 is 26.2 Å². The lowest BCUT2D eigenvalue weighted by Crippen LogP contribution is -2.40. The standard InChI is InChI=1S/C6H13N3O4S/c7-6(14)9-8-1-3(11)5(13)4(12)2-10/h1,3-5,10-13H,2H2,(H3,7,9,14)/t3-,4-,5+/m1/s1. The highest BCUT2D eigenvalue weighted by atomic mass is 32.1. The Morgan fingerprint density at radius 2 is 2.07 bits per heavy atom. The van der Waals surface area contributed by atoms with Crippen LogP contribution < -0.4 is 11.2 Å². The minimum absolute atomic E-state index is 0.0920. The number of aliphatic hydroxyl groups is 4. The summed E-state index contributed by atoms with van der Waals surface area (Å²) in [6.45, 7) is -0.658. The normalized spacial score (nSPS) is 17.7. The molecule has 0 saturated heterocycles. The van der Waals surface area contributed by atoms with Gasteiger partial charge in [0.25, 0.3) is 0 Å². The molecular weight excluding hydrogens is 210 g/mol. The molecule has 0 fully saturated rings. The highest BCUT2D eigenvalue weighted by molar-refractivity contribution is 7.80. The molecule has 14 heavy (non-hydrogen) atoms. The molecule has 7 nitrogen and oxygen atoms in total. The Bertz CT molecular complexity index is 213. The van der Waals surface area contributed by atoms with Crippen molar-refractivity contribution >= 4 is 23.5 Å². The van der Waals surface area contributed by atoms with Gasteiger partial charge in [0, 0.05) is 0 Å². The zero-order chi connectivity index (χ0) is 11.1. The van der Waals surface area contributed by atoms with E-state index < -0.39 is 24.9 Å². The van der Waals surface area contributed by atoms with Crippen molar-refractivity contribution in [2.24, 2.45) is 10.8 Å². The van der Waals surface area contributed by atoms with Crippen LogP contribution in [0.4, 0.5) is 0 Å². The maximum Gasteiger partial charge on any atom is 0.184 e. The number of hydrazone groups is 1. The maximum atomic E-state index is 9.14. The van der Waals surface area contributed by atoms with Crippen LogP contribution in [0.1, 0.15) is 0 Å². The smallest absolute Gasteiger partial charge is 0.184 e. The minimum Gasteiger partial charge on any atom is -0.394 e. The molecule has 0 aliphatic rings. The van der Waals surface area contributed by atoms with Crippen LogP contribution in [0.25, 0.3) is 0 Å². The molecule has 0 rings (SSSR count). The number of hydrogen-bond acceptors (Lipinski definition) is 6. The second-order valence-electron chi connectivity index (χ2n) is 2.49. The van der Waals surface area contributed by atoms with Gasteiger partial charge in [-0.05, 0) is 12.2 Å². The van der Waals surface area contributed by atoms with Crippen LogP contribution in [-0.2, 0) is 0 Å². The summed E-state index contributed by atoms with van der Waals surface area (Å²) in [4.78, 5) is 0. The van der Waals surface area contributed by atoms with Gasteiger partial charge in [0.2, 0.25) is 0 Å². The summed E-state index contributed by atoms with van der Waals surface area (Å²) in [6.07, 6.45) is -3.46. The lowest BCUT2D eigenvalue weighted by Gasteiger charge is -2.17. The summed E-state index contributed by atoms with van der Waals surface area (Å²) in [5.74, 6) is 0. The third-order valence-corrected chi connectivity index (χ3v) is 1.42. The number of nitrogens with one attached hydrogen (secondary N) is 1. The Hall–Kier alpha value is -0.800. The van der Waals surface area contributed by atoms with Crippen LogP contribution >= 0.6 is 12.2 Å². The summed E-state index contributed by atoms with van der Waals surface area (Å²) in [5, 5.41) is 38.9. The van der Waals surface area contributed by atoms with Crippen LogP contribution in [-0.4, -0.2) is 56.7 Å². The summed E-state index contributed by atoms with van der Waals surface area (Å²) in [6, 6.07) is 0. The van der Waals surface area contributed by atoms with E-state index in [4.69, 9.17) is 26.2 Å². The number of aliphatic hydroxyl groups excluding tert-OH is 4. The van der Waals surface area contributed by atoms with Crippen LogP contribution in [0.15, 0.2) is 5.10 Å². The first-order valence-corrected chi connectivity index (χ1v) is 4.13. The summed E-state index contributed by atoms with van der Waals surface area (Å²) in [5.41, 5.74) is 7.17. The summed E-state index contributed by atoms with van der Waals surface area (Å²) < 4.78 is 0. The highest BCUT2D eigenvalue weighted by Gasteiger charge is 2.22. The van der Waals surface area contributed by atoms with Crippen molar-refractivity contribution in [1.82, 2.24) is 5.43 Å². The third kappa shape index (κ3) is 5.04. The molecule has 0 radical (unpaired) electrons. The van der Waals surface area contributed by atoms with Crippen molar-refractivity contribution in [3.63, 3.8) is 0 Å². The molecule has 8 heteroatoms. The average Bonchev–Trinajstić information content (AvgIpc) is 2.14. The topological polar surface area (TPSA) is 131 Å². The van der Waals surface area contributed by atoms with E-state index in [1.807, 2.05) is 0 Å². The molecule has 0 spiro atoms. The van der Waals surface area contributed by atoms with Crippen molar-refractivity contribution in [3.8, 4) is 0 Å². The average molecular weight is 223 g/mol. The molecule has 82 valence electrons. The quantitative estimate of drug-likeness (QED) is 0.165. The van der Waals surface area contributed by atoms with Gasteiger partial charge in [0.15, 0.2) is 5.11 Å². The summed E-state index contributed by atoms with van der Waals surface area (Å²) in [7, 11) is 0. The van der Waals surface area contributed by atoms with Crippen molar-refractivity contribution < 1.29 is 20.4 Å². The minimum atomic E-state index is -1.52. The molecule has 3 atom stereocenters. The molecule has 0 unspecified atom stereocenters. The fourth-order valence-electron chi connectivity index (χ4n) is 0.601. The Morgan fingerprint density at radius 3 is 2.50 bits per heavy atom. The molecule has 0 saturated carbocycles. The van der Waals surface area contributed by atoms with Gasteiger partial charge in [-0.25, -0.2) is 0 Å². The van der Waals surface area contributed by atoms with E-state index in [1.54, 1.807) is 0 Å². The molecule has 0 heterocycles. The van der Waals surface area contributed by atoms with Gasteiger partial charge in [-0.15, -0.1) is 0 Å². The summed E-state index contributed by atoms with van der Waals surface area (Å²) >= 11 is 4.41. The van der Waals surface area contributed by atoms with Gasteiger partial charge in [-0.3, -0.25) is 5.43 Å². The van der Waals surface area contributed by atoms with Gasteiger partial charge in [-0.2, -0.15) is 5.10 Å². The predicted octanol–water partition coefficient (Wildman–Crippen LogP) is -3.12. The van der Waals surface area contributed by atoms with Gasteiger partial charge in [0.1, 0.15) is 18.3 Å². The SMILES string of the molecule is NC(=S)NN=C[C@@H](O)[C@H](O)[C@H](O)CO. The Kier molecular flexibility index (Phi) is 6.25. The molecule has 7 N–H and O–H groups in total. The van der Waals surface area contributed by atoms with Gasteiger partial charge in [0.05, 0.1) is 12.8 Å². The van der Waals surface area contributed by atoms with Gasteiger partial charge in [-0.1, -0.05) is 0 Å². The number of rotatable bonds is 5. The molecule has 0 aliphatic heterocycles. The second kappa shape index (κ2) is 6.62. The first-order valence-electron chi connectivity index (χ1n) is 3.72. The number of nitrogens with two attached hydrogens (primary N) is 1. The Balaban J connectivity index is 3.99. The largest absolute Gasteiger partial charge is 0.394 e. The van der Waals surface area contributed by atoms with E-state index in [2.05, 4.69) is 22.7 Å². The zero-order valence-corrected chi connectivity index (χ0v) is 8.05. The first-order chi connectivity index (χ1) is 6.49. The lowest BCUT2D eigenvalue weighted by atomic mass is 10.1. The Labute approximate surface area is 85.9 Å². The molecule has 0 aliphatic carbocycles. The molecule has 0 aromatic carbocycles. The third-order valence-electron chi connectivity index (χ3n) is 1.33. The van der Waals surface area contributed by atoms with Crippen LogP contribution in [0, 0.1) is 0 Å². The van der Waals surface area contributed by atoms with Crippen molar-refractivity contribution in [3.05, 3.63) is 0 Å². The highest BCUT2D eigenvalue weighted by Crippen LogP contribution is 1.97. The maximum absolute atomic E-state index is 9.14. The van der Waals surface area contributed by atoms with Crippen molar-refractivity contribution in [2.75, 3.05) is 6.61 Å². The van der Waals surface area contributed by atoms with E-state index in [9.17, 15) is 0 Å². The molecule has 0 aromatic rings. The van der Waals surface area contributed by atoms with E-state index in [1.165, 1.54) is 0 Å². The number of hydrogen-bond donors (Lipinski definition) is 6. The molecule has 0 amide bonds. The lowest BCUT2D eigenvalue weighted by molar-refractivity contribution is -0.0542. The Morgan fingerprint density at radius 1 is 1.50 bits per heavy atom. The van der Waals surface area contributed by atoms with Crippen LogP contribution in [0.3, 0.4) is 0 Å². The monoisotopic (exact) mass is 223 g/mol. The zero-order valence-electron chi connectivity index (χ0n) is 7.24. The predicted molar refractivity (Wildman–Crippen MR) is 53.5 cm³/mol. The van der Waals surface area contributed by atoms with E-state index in [0.717, 1.165) is 6.21 Å². The molecule has 0 bridgehead atoms.